The van der Waals surface area contributed by atoms with E-state index in [9.17, 15) is 26.4 Å². The van der Waals surface area contributed by atoms with Crippen LogP contribution in [0, 0.1) is 17.5 Å². The van der Waals surface area contributed by atoms with Crippen molar-refractivity contribution in [2.75, 3.05) is 6.54 Å². The van der Waals surface area contributed by atoms with E-state index in [-0.39, 0.29) is 16.9 Å². The summed E-state index contributed by atoms with van der Waals surface area (Å²) in [6.45, 7) is 6.32. The second kappa shape index (κ2) is 9.28. The maximum Gasteiger partial charge on any atom is 0.407 e. The summed E-state index contributed by atoms with van der Waals surface area (Å²) in [7, 11) is -3.46. The number of amides is 1. The van der Waals surface area contributed by atoms with Gasteiger partial charge in [-0.3, -0.25) is 4.90 Å². The first-order valence-electron chi connectivity index (χ1n) is 12.2. The standard InChI is InChI=1S/C24H30F3N5O4S/c1-24(2,3)36-23(33)29-19-8-15(9-28-22(19)17-6-14(25)7-18(26)21(17)27)31-10-13-11-32(30-20(13)12-31)37(34,35)16-4-5-16/h6-7,11,15-16,19,22,28H,4-5,8-10,12H2,1-3H3,(H,29,33)/t15-,19+,22-/m1/s1. The molecule has 202 valence electrons. The molecular weight excluding hydrogens is 511 g/mol. The lowest BCUT2D eigenvalue weighted by atomic mass is 9.89. The molecule has 1 aliphatic carbocycles. The minimum absolute atomic E-state index is 0.152. The molecule has 0 radical (unpaired) electrons. The predicted molar refractivity (Wildman–Crippen MR) is 127 cm³/mol. The lowest BCUT2D eigenvalue weighted by molar-refractivity contribution is 0.0445. The molecule has 2 aliphatic heterocycles. The highest BCUT2D eigenvalue weighted by atomic mass is 32.2. The lowest BCUT2D eigenvalue weighted by Crippen LogP contribution is -2.57. The van der Waals surface area contributed by atoms with Gasteiger partial charge in [0.05, 0.1) is 23.0 Å². The first-order valence-corrected chi connectivity index (χ1v) is 13.8. The van der Waals surface area contributed by atoms with Crippen LogP contribution >= 0.6 is 0 Å². The number of nitrogens with zero attached hydrogens (tertiary/aromatic N) is 3. The van der Waals surface area contributed by atoms with E-state index in [2.05, 4.69) is 20.6 Å². The van der Waals surface area contributed by atoms with E-state index in [1.807, 2.05) is 0 Å². The van der Waals surface area contributed by atoms with Crippen molar-refractivity contribution in [1.82, 2.24) is 24.7 Å². The molecule has 2 fully saturated rings. The second-order valence-corrected chi connectivity index (χ2v) is 13.0. The number of ether oxygens (including phenoxy) is 1. The Hall–Kier alpha value is -2.64. The summed E-state index contributed by atoms with van der Waals surface area (Å²) in [5, 5.41) is 9.84. The van der Waals surface area contributed by atoms with Gasteiger partial charge in [0.25, 0.3) is 10.0 Å². The van der Waals surface area contributed by atoms with Gasteiger partial charge in [-0.05, 0) is 46.1 Å². The Balaban J connectivity index is 1.34. The smallest absolute Gasteiger partial charge is 0.407 e. The molecule has 1 aromatic heterocycles. The number of rotatable bonds is 5. The number of alkyl carbamates (subject to hydrolysis) is 1. The van der Waals surface area contributed by atoms with Gasteiger partial charge in [-0.25, -0.2) is 26.4 Å². The Bertz CT molecular complexity index is 1300. The third kappa shape index (κ3) is 5.34. The van der Waals surface area contributed by atoms with Crippen LogP contribution in [-0.4, -0.2) is 58.1 Å². The summed E-state index contributed by atoms with van der Waals surface area (Å²) in [5.41, 5.74) is 0.479. The summed E-state index contributed by atoms with van der Waals surface area (Å²) >= 11 is 0. The number of fused-ring (bicyclic) bond motifs is 1. The molecule has 3 aliphatic rings. The van der Waals surface area contributed by atoms with Crippen molar-refractivity contribution in [3.63, 3.8) is 0 Å². The third-order valence-electron chi connectivity index (χ3n) is 6.87. The fourth-order valence-corrected chi connectivity index (χ4v) is 6.51. The Morgan fingerprint density at radius 3 is 2.57 bits per heavy atom. The van der Waals surface area contributed by atoms with Crippen LogP contribution in [-0.2, 0) is 27.8 Å². The van der Waals surface area contributed by atoms with Crippen LogP contribution in [0.1, 0.15) is 62.9 Å². The molecule has 5 rings (SSSR count). The van der Waals surface area contributed by atoms with Crippen molar-refractivity contribution in [1.29, 1.82) is 0 Å². The number of carbonyl (C=O) groups is 1. The van der Waals surface area contributed by atoms with Crippen LogP contribution in [0.2, 0.25) is 0 Å². The number of piperidine rings is 1. The third-order valence-corrected chi connectivity index (χ3v) is 8.89. The minimum Gasteiger partial charge on any atom is -0.444 e. The highest BCUT2D eigenvalue weighted by Crippen LogP contribution is 2.34. The van der Waals surface area contributed by atoms with E-state index in [4.69, 9.17) is 4.74 Å². The summed E-state index contributed by atoms with van der Waals surface area (Å²) in [6, 6.07) is -0.390. The predicted octanol–water partition coefficient (Wildman–Crippen LogP) is 2.95. The van der Waals surface area contributed by atoms with Crippen molar-refractivity contribution < 1.29 is 31.1 Å². The zero-order valence-corrected chi connectivity index (χ0v) is 21.6. The van der Waals surface area contributed by atoms with Gasteiger partial charge < -0.3 is 15.4 Å². The topological polar surface area (TPSA) is 106 Å². The molecule has 1 amide bonds. The Kier molecular flexibility index (Phi) is 6.52. The van der Waals surface area contributed by atoms with E-state index in [0.29, 0.717) is 50.7 Å². The zero-order valence-electron chi connectivity index (χ0n) is 20.8. The molecule has 2 aromatic rings. The normalized spacial score (nSPS) is 24.6. The minimum atomic E-state index is -3.46. The molecule has 13 heteroatoms. The molecule has 1 saturated heterocycles. The number of hydrogen-bond acceptors (Lipinski definition) is 7. The van der Waals surface area contributed by atoms with Crippen LogP contribution < -0.4 is 10.6 Å². The fraction of sp³-hybridized carbons (Fsp3) is 0.583. The monoisotopic (exact) mass is 541 g/mol. The molecular formula is C24H30F3N5O4S. The lowest BCUT2D eigenvalue weighted by Gasteiger charge is -2.41. The van der Waals surface area contributed by atoms with Crippen LogP contribution in [0.25, 0.3) is 0 Å². The fourth-order valence-electron chi connectivity index (χ4n) is 4.99. The number of aromatic nitrogens is 2. The summed E-state index contributed by atoms with van der Waals surface area (Å²) < 4.78 is 74.1. The largest absolute Gasteiger partial charge is 0.444 e. The number of nitrogens with one attached hydrogen (secondary N) is 2. The molecule has 0 unspecified atom stereocenters. The average Bonchev–Trinajstić information content (AvgIpc) is 3.46. The van der Waals surface area contributed by atoms with Crippen molar-refractivity contribution in [2.24, 2.45) is 0 Å². The SMILES string of the molecule is CC(C)(C)OC(=O)N[C@H]1C[C@@H](N2Cc3cn(S(=O)(=O)C4CC4)nc3C2)CN[C@@H]1c1cc(F)cc(F)c1F. The maximum absolute atomic E-state index is 14.7. The highest BCUT2D eigenvalue weighted by Gasteiger charge is 2.41. The Labute approximate surface area is 213 Å². The van der Waals surface area contributed by atoms with Crippen molar-refractivity contribution in [2.45, 2.75) is 82.1 Å². The number of hydrogen-bond donors (Lipinski definition) is 2. The van der Waals surface area contributed by atoms with E-state index >= 15 is 0 Å². The molecule has 3 heterocycles. The maximum atomic E-state index is 14.7. The van der Waals surface area contributed by atoms with Gasteiger partial charge in [0.15, 0.2) is 11.6 Å². The molecule has 3 atom stereocenters. The first kappa shape index (κ1) is 26.0. The number of benzene rings is 1. The zero-order chi connectivity index (χ0) is 26.7. The molecule has 1 aromatic carbocycles. The first-order chi connectivity index (χ1) is 17.3. The van der Waals surface area contributed by atoms with Crippen LogP contribution in [0.4, 0.5) is 18.0 Å². The molecule has 37 heavy (non-hydrogen) atoms. The van der Waals surface area contributed by atoms with Gasteiger partial charge in [0.2, 0.25) is 0 Å². The second-order valence-electron chi connectivity index (χ2n) is 10.9. The van der Waals surface area contributed by atoms with E-state index in [0.717, 1.165) is 15.7 Å². The number of halogens is 3. The molecule has 0 spiro atoms. The van der Waals surface area contributed by atoms with Gasteiger partial charge in [-0.2, -0.15) is 9.19 Å². The summed E-state index contributed by atoms with van der Waals surface area (Å²) in [6.07, 6.45) is 2.46. The quantitative estimate of drug-likeness (QED) is 0.561. The number of carbonyl (C=O) groups excluding carboxylic acids is 1. The summed E-state index contributed by atoms with van der Waals surface area (Å²) in [5.74, 6) is -3.41. The van der Waals surface area contributed by atoms with Crippen molar-refractivity contribution in [3.8, 4) is 0 Å². The van der Waals surface area contributed by atoms with Gasteiger partial charge >= 0.3 is 6.09 Å². The van der Waals surface area contributed by atoms with E-state index in [1.165, 1.54) is 0 Å². The van der Waals surface area contributed by atoms with Crippen LogP contribution in [0.3, 0.4) is 0 Å². The molecule has 0 bridgehead atoms. The van der Waals surface area contributed by atoms with Gasteiger partial charge in [-0.15, -0.1) is 0 Å². The van der Waals surface area contributed by atoms with E-state index in [1.54, 1.807) is 27.0 Å². The van der Waals surface area contributed by atoms with Crippen LogP contribution in [0.15, 0.2) is 18.3 Å². The van der Waals surface area contributed by atoms with Gasteiger partial charge in [0, 0.05) is 49.1 Å². The Morgan fingerprint density at radius 2 is 1.92 bits per heavy atom. The van der Waals surface area contributed by atoms with Gasteiger partial charge in [0.1, 0.15) is 11.4 Å². The molecule has 9 nitrogen and oxygen atoms in total. The highest BCUT2D eigenvalue weighted by molar-refractivity contribution is 7.90. The molecule has 2 N–H and O–H groups in total. The van der Waals surface area contributed by atoms with Crippen molar-refractivity contribution in [3.05, 3.63) is 52.6 Å². The summed E-state index contributed by atoms with van der Waals surface area (Å²) in [4.78, 5) is 14.7. The Morgan fingerprint density at radius 1 is 1.19 bits per heavy atom. The molecule has 1 saturated carbocycles. The van der Waals surface area contributed by atoms with Crippen molar-refractivity contribution >= 4 is 16.1 Å². The van der Waals surface area contributed by atoms with E-state index < -0.39 is 51.3 Å². The average molecular weight is 542 g/mol. The van der Waals surface area contributed by atoms with Crippen LogP contribution in [0.5, 0.6) is 0 Å². The van der Waals surface area contributed by atoms with Gasteiger partial charge in [-0.1, -0.05) is 0 Å².